The van der Waals surface area contributed by atoms with Crippen LogP contribution < -0.4 is 5.32 Å². The molecule has 34 heavy (non-hydrogen) atoms. The molecule has 0 bridgehead atoms. The van der Waals surface area contributed by atoms with Gasteiger partial charge in [0.2, 0.25) is 5.91 Å². The molecule has 1 aliphatic rings. The van der Waals surface area contributed by atoms with E-state index in [0.717, 1.165) is 18.2 Å². The molecule has 1 heterocycles. The fraction of sp³-hybridized carbons (Fsp3) is 0.208. The zero-order valence-electron chi connectivity index (χ0n) is 17.6. The van der Waals surface area contributed by atoms with E-state index < -0.39 is 46.2 Å². The first-order chi connectivity index (χ1) is 15.9. The second kappa shape index (κ2) is 8.19. The van der Waals surface area contributed by atoms with Crippen molar-refractivity contribution in [1.82, 2.24) is 4.98 Å². The number of rotatable bonds is 5. The molecule has 1 aliphatic carbocycles. The number of anilines is 1. The number of carbonyl (C=O) groups is 2. The number of hydrogen-bond donors (Lipinski definition) is 2. The number of benzene rings is 2. The number of nitrogens with one attached hydrogen (secondary N) is 1. The molecule has 1 aromatic heterocycles. The van der Waals surface area contributed by atoms with Crippen LogP contribution in [0.4, 0.5) is 27.6 Å². The van der Waals surface area contributed by atoms with Crippen LogP contribution in [0.3, 0.4) is 0 Å². The van der Waals surface area contributed by atoms with Crippen LogP contribution in [-0.4, -0.2) is 22.0 Å². The Balaban J connectivity index is 1.68. The van der Waals surface area contributed by atoms with Gasteiger partial charge in [-0.2, -0.15) is 13.2 Å². The first kappa shape index (κ1) is 23.3. The molecular formula is C24H17F5N2O3. The fourth-order valence-corrected chi connectivity index (χ4v) is 3.94. The van der Waals surface area contributed by atoms with Crippen LogP contribution in [0, 0.1) is 18.6 Å². The normalized spacial score (nSPS) is 14.5. The van der Waals surface area contributed by atoms with E-state index >= 15 is 4.39 Å². The summed E-state index contributed by atoms with van der Waals surface area (Å²) in [5, 5.41) is 12.0. The maximum absolute atomic E-state index is 15.0. The van der Waals surface area contributed by atoms with Gasteiger partial charge in [-0.3, -0.25) is 9.78 Å². The van der Waals surface area contributed by atoms with Crippen molar-refractivity contribution in [3.05, 3.63) is 82.7 Å². The summed E-state index contributed by atoms with van der Waals surface area (Å²) in [6.45, 7) is 1.59. The second-order valence-electron chi connectivity index (χ2n) is 8.05. The summed E-state index contributed by atoms with van der Waals surface area (Å²) in [6.07, 6.45) is -2.93. The highest BCUT2D eigenvalue weighted by Crippen LogP contribution is 2.50. The smallest absolute Gasteiger partial charge is 0.416 e. The standard InChI is InChI=1S/C24H17F5N2O3/c1-12-15(3-2-8-30-12)20-16(21(32)33)10-14(11-19(20)26)31-22(34)23(6-7-23)17-5-4-13(9-18(17)25)24(27,28)29/h2-5,8-11H,6-7H2,1H3,(H,31,34)(H,32,33). The number of aromatic carboxylic acids is 1. The Morgan fingerprint density at radius 1 is 1.06 bits per heavy atom. The van der Waals surface area contributed by atoms with E-state index in [1.165, 1.54) is 18.3 Å². The minimum atomic E-state index is -4.74. The fourth-order valence-electron chi connectivity index (χ4n) is 3.94. The Hall–Kier alpha value is -3.82. The van der Waals surface area contributed by atoms with E-state index in [9.17, 15) is 32.3 Å². The van der Waals surface area contributed by atoms with Gasteiger partial charge in [0.1, 0.15) is 11.6 Å². The number of halogens is 5. The van der Waals surface area contributed by atoms with E-state index in [-0.39, 0.29) is 35.2 Å². The van der Waals surface area contributed by atoms with Crippen LogP contribution in [0.15, 0.2) is 48.7 Å². The van der Waals surface area contributed by atoms with E-state index in [2.05, 4.69) is 10.3 Å². The first-order valence-corrected chi connectivity index (χ1v) is 10.1. The molecule has 3 aromatic rings. The van der Waals surface area contributed by atoms with Crippen molar-refractivity contribution in [2.45, 2.75) is 31.4 Å². The van der Waals surface area contributed by atoms with Crippen molar-refractivity contribution < 1.29 is 36.6 Å². The van der Waals surface area contributed by atoms with Crippen molar-refractivity contribution >= 4 is 17.6 Å². The van der Waals surface area contributed by atoms with Crippen molar-refractivity contribution in [2.24, 2.45) is 0 Å². The lowest BCUT2D eigenvalue weighted by Crippen LogP contribution is -2.29. The molecule has 2 N–H and O–H groups in total. The van der Waals surface area contributed by atoms with Crippen molar-refractivity contribution in [1.29, 1.82) is 0 Å². The topological polar surface area (TPSA) is 79.3 Å². The van der Waals surface area contributed by atoms with Gasteiger partial charge >= 0.3 is 12.1 Å². The molecule has 2 aromatic carbocycles. The molecule has 1 fully saturated rings. The summed E-state index contributed by atoms with van der Waals surface area (Å²) in [5.41, 5.74) is -2.95. The Morgan fingerprint density at radius 3 is 2.32 bits per heavy atom. The van der Waals surface area contributed by atoms with Gasteiger partial charge in [0.15, 0.2) is 0 Å². The lowest BCUT2D eigenvalue weighted by Gasteiger charge is -2.19. The van der Waals surface area contributed by atoms with Gasteiger partial charge in [-0.25, -0.2) is 13.6 Å². The van der Waals surface area contributed by atoms with Gasteiger partial charge in [0.05, 0.1) is 16.5 Å². The maximum atomic E-state index is 15.0. The number of carbonyl (C=O) groups excluding carboxylic acids is 1. The summed E-state index contributed by atoms with van der Waals surface area (Å²) in [5.74, 6) is -4.31. The lowest BCUT2D eigenvalue weighted by molar-refractivity contribution is -0.137. The van der Waals surface area contributed by atoms with E-state index in [4.69, 9.17) is 0 Å². The highest BCUT2D eigenvalue weighted by molar-refractivity contribution is 6.03. The third-order valence-corrected chi connectivity index (χ3v) is 5.85. The molecular weight excluding hydrogens is 459 g/mol. The average Bonchev–Trinajstić information content (AvgIpc) is 3.55. The molecule has 0 spiro atoms. The molecule has 0 aliphatic heterocycles. The minimum Gasteiger partial charge on any atom is -0.478 e. The Bertz CT molecular complexity index is 1320. The van der Waals surface area contributed by atoms with Crippen LogP contribution in [0.25, 0.3) is 11.1 Å². The van der Waals surface area contributed by atoms with Gasteiger partial charge < -0.3 is 10.4 Å². The molecule has 10 heteroatoms. The number of alkyl halides is 3. The molecule has 0 unspecified atom stereocenters. The average molecular weight is 476 g/mol. The zero-order chi connectivity index (χ0) is 24.8. The molecule has 1 amide bonds. The number of carboxylic acids is 1. The summed E-state index contributed by atoms with van der Waals surface area (Å²) in [6, 6.07) is 6.99. The molecule has 0 saturated heterocycles. The molecule has 4 rings (SSSR count). The highest BCUT2D eigenvalue weighted by Gasteiger charge is 2.53. The number of hydrogen-bond acceptors (Lipinski definition) is 3. The maximum Gasteiger partial charge on any atom is 0.416 e. The SMILES string of the molecule is Cc1ncccc1-c1c(F)cc(NC(=O)C2(c3ccc(C(F)(F)F)cc3F)CC2)cc1C(=O)O. The Kier molecular flexibility index (Phi) is 5.63. The molecule has 0 radical (unpaired) electrons. The largest absolute Gasteiger partial charge is 0.478 e. The van der Waals surface area contributed by atoms with E-state index in [1.807, 2.05) is 0 Å². The van der Waals surface area contributed by atoms with E-state index in [1.54, 1.807) is 6.92 Å². The van der Waals surface area contributed by atoms with Crippen molar-refractivity contribution in [3.8, 4) is 11.1 Å². The Morgan fingerprint density at radius 2 is 1.76 bits per heavy atom. The predicted molar refractivity (Wildman–Crippen MR) is 112 cm³/mol. The lowest BCUT2D eigenvalue weighted by atomic mass is 9.92. The quantitative estimate of drug-likeness (QED) is 0.462. The highest BCUT2D eigenvalue weighted by atomic mass is 19.4. The third-order valence-electron chi connectivity index (χ3n) is 5.85. The minimum absolute atomic E-state index is 0.169. The van der Waals surface area contributed by atoms with Crippen LogP contribution in [0.1, 0.15) is 40.0 Å². The van der Waals surface area contributed by atoms with Crippen molar-refractivity contribution in [3.63, 3.8) is 0 Å². The van der Waals surface area contributed by atoms with Crippen LogP contribution in [-0.2, 0) is 16.4 Å². The third kappa shape index (κ3) is 4.11. The number of aryl methyl sites for hydroxylation is 1. The summed E-state index contributed by atoms with van der Waals surface area (Å²) in [7, 11) is 0. The molecule has 5 nitrogen and oxygen atoms in total. The first-order valence-electron chi connectivity index (χ1n) is 10.1. The molecule has 0 atom stereocenters. The van der Waals surface area contributed by atoms with Crippen molar-refractivity contribution in [2.75, 3.05) is 5.32 Å². The van der Waals surface area contributed by atoms with Gasteiger partial charge in [-0.15, -0.1) is 0 Å². The van der Waals surface area contributed by atoms with Gasteiger partial charge in [0.25, 0.3) is 0 Å². The van der Waals surface area contributed by atoms with Crippen LogP contribution >= 0.6 is 0 Å². The second-order valence-corrected chi connectivity index (χ2v) is 8.05. The predicted octanol–water partition coefficient (Wildman–Crippen LogP) is 5.72. The molecule has 176 valence electrons. The number of pyridine rings is 1. The van der Waals surface area contributed by atoms with Crippen LogP contribution in [0.5, 0.6) is 0 Å². The number of amides is 1. The molecule has 1 saturated carbocycles. The number of carboxylic acid groups (broad SMARTS) is 1. The van der Waals surface area contributed by atoms with E-state index in [0.29, 0.717) is 17.8 Å². The summed E-state index contributed by atoms with van der Waals surface area (Å²) >= 11 is 0. The number of aromatic nitrogens is 1. The monoisotopic (exact) mass is 476 g/mol. The summed E-state index contributed by atoms with van der Waals surface area (Å²) in [4.78, 5) is 28.8. The van der Waals surface area contributed by atoms with Gasteiger partial charge in [-0.05, 0) is 50.1 Å². The Labute approximate surface area is 190 Å². The van der Waals surface area contributed by atoms with Crippen LogP contribution in [0.2, 0.25) is 0 Å². The zero-order valence-corrected chi connectivity index (χ0v) is 17.6. The van der Waals surface area contributed by atoms with Gasteiger partial charge in [0, 0.05) is 34.3 Å². The van der Waals surface area contributed by atoms with Gasteiger partial charge in [-0.1, -0.05) is 12.1 Å². The number of nitrogens with zero attached hydrogens (tertiary/aromatic N) is 1. The summed E-state index contributed by atoms with van der Waals surface area (Å²) < 4.78 is 68.1.